The maximum atomic E-state index is 12.3. The summed E-state index contributed by atoms with van der Waals surface area (Å²) in [7, 11) is 0. The van der Waals surface area contributed by atoms with Gasteiger partial charge in [-0.1, -0.05) is 18.5 Å². The van der Waals surface area contributed by atoms with Gasteiger partial charge in [0, 0.05) is 12.1 Å². The molecule has 0 spiro atoms. The lowest BCUT2D eigenvalue weighted by molar-refractivity contribution is -0.384. The van der Waals surface area contributed by atoms with Crippen molar-refractivity contribution < 1.29 is 23.9 Å². The zero-order valence-electron chi connectivity index (χ0n) is 15.1. The summed E-state index contributed by atoms with van der Waals surface area (Å²) in [6.45, 7) is 4.63. The lowest BCUT2D eigenvalue weighted by Gasteiger charge is -2.14. The van der Waals surface area contributed by atoms with Crippen LogP contribution in [-0.2, 0) is 11.3 Å². The van der Waals surface area contributed by atoms with E-state index in [0.29, 0.717) is 30.3 Å². The molecule has 2 aromatic rings. The van der Waals surface area contributed by atoms with Crippen LogP contribution in [0.2, 0.25) is 5.02 Å². The molecule has 0 aliphatic heterocycles. The maximum Gasteiger partial charge on any atom is 0.338 e. The number of nitrogens with zero attached hydrogens (tertiary/aromatic N) is 1. The maximum absolute atomic E-state index is 12.3. The molecule has 0 saturated heterocycles. The van der Waals surface area contributed by atoms with Gasteiger partial charge in [-0.3, -0.25) is 10.1 Å². The van der Waals surface area contributed by atoms with Crippen LogP contribution in [0.15, 0.2) is 36.4 Å². The molecule has 144 valence electrons. The summed E-state index contributed by atoms with van der Waals surface area (Å²) in [4.78, 5) is 22.5. The molecule has 0 unspecified atom stereocenters. The summed E-state index contributed by atoms with van der Waals surface area (Å²) >= 11 is 6.24. The van der Waals surface area contributed by atoms with Crippen LogP contribution in [0.5, 0.6) is 11.5 Å². The number of hydrogen-bond donors (Lipinski definition) is 0. The summed E-state index contributed by atoms with van der Waals surface area (Å²) in [6, 6.07) is 8.77. The average Bonchev–Trinajstić information content (AvgIpc) is 2.65. The van der Waals surface area contributed by atoms with E-state index in [1.54, 1.807) is 0 Å². The van der Waals surface area contributed by atoms with Crippen LogP contribution in [0.25, 0.3) is 0 Å². The quantitative estimate of drug-likeness (QED) is 0.345. The van der Waals surface area contributed by atoms with E-state index in [-0.39, 0.29) is 22.9 Å². The number of hydrogen-bond acceptors (Lipinski definition) is 6. The van der Waals surface area contributed by atoms with Crippen molar-refractivity contribution in [3.8, 4) is 11.5 Å². The fourth-order valence-corrected chi connectivity index (χ4v) is 2.50. The van der Waals surface area contributed by atoms with Crippen molar-refractivity contribution in [2.75, 3.05) is 13.2 Å². The minimum absolute atomic E-state index is 0.0213. The van der Waals surface area contributed by atoms with Crippen LogP contribution in [0.1, 0.15) is 36.2 Å². The number of carbonyl (C=O) groups is 1. The molecular formula is C19H20ClNO6. The van der Waals surface area contributed by atoms with Gasteiger partial charge in [0.2, 0.25) is 0 Å². The van der Waals surface area contributed by atoms with E-state index in [1.165, 1.54) is 36.4 Å². The number of benzene rings is 2. The molecule has 7 nitrogen and oxygen atoms in total. The van der Waals surface area contributed by atoms with E-state index in [9.17, 15) is 14.9 Å². The number of ether oxygens (including phenoxy) is 3. The van der Waals surface area contributed by atoms with Crippen molar-refractivity contribution in [2.24, 2.45) is 0 Å². The third-order valence-electron chi connectivity index (χ3n) is 3.51. The molecule has 0 heterocycles. The second-order valence-electron chi connectivity index (χ2n) is 5.57. The topological polar surface area (TPSA) is 87.9 Å². The van der Waals surface area contributed by atoms with Crippen LogP contribution in [-0.4, -0.2) is 24.1 Å². The number of non-ortho nitro benzene ring substituents is 1. The van der Waals surface area contributed by atoms with Gasteiger partial charge in [-0.25, -0.2) is 4.79 Å². The molecule has 8 heteroatoms. The second kappa shape index (κ2) is 9.78. The molecule has 0 bridgehead atoms. The lowest BCUT2D eigenvalue weighted by atomic mass is 10.2. The number of carbonyl (C=O) groups excluding carboxylic acids is 1. The van der Waals surface area contributed by atoms with Crippen LogP contribution >= 0.6 is 11.6 Å². The molecule has 2 rings (SSSR count). The molecule has 0 fully saturated rings. The van der Waals surface area contributed by atoms with Gasteiger partial charge in [0.15, 0.2) is 11.5 Å². The Morgan fingerprint density at radius 3 is 2.44 bits per heavy atom. The normalized spacial score (nSPS) is 10.3. The zero-order valence-corrected chi connectivity index (χ0v) is 15.8. The van der Waals surface area contributed by atoms with Crippen molar-refractivity contribution in [1.82, 2.24) is 0 Å². The smallest absolute Gasteiger partial charge is 0.338 e. The van der Waals surface area contributed by atoms with Crippen molar-refractivity contribution in [1.29, 1.82) is 0 Å². The number of halogens is 1. The van der Waals surface area contributed by atoms with Gasteiger partial charge in [0.1, 0.15) is 6.61 Å². The van der Waals surface area contributed by atoms with Gasteiger partial charge in [0.05, 0.1) is 28.7 Å². The zero-order chi connectivity index (χ0) is 19.8. The van der Waals surface area contributed by atoms with Crippen molar-refractivity contribution in [2.45, 2.75) is 26.9 Å². The molecule has 0 N–H and O–H groups in total. The van der Waals surface area contributed by atoms with Crippen LogP contribution in [0, 0.1) is 10.1 Å². The molecule has 0 aliphatic rings. The van der Waals surface area contributed by atoms with Gasteiger partial charge in [-0.05, 0) is 43.2 Å². The predicted molar refractivity (Wildman–Crippen MR) is 101 cm³/mol. The third-order valence-corrected chi connectivity index (χ3v) is 3.79. The van der Waals surface area contributed by atoms with Gasteiger partial charge < -0.3 is 14.2 Å². The molecule has 0 amide bonds. The first-order valence-corrected chi connectivity index (χ1v) is 8.83. The first-order valence-electron chi connectivity index (χ1n) is 8.45. The Balaban J connectivity index is 2.11. The van der Waals surface area contributed by atoms with Crippen molar-refractivity contribution in [3.63, 3.8) is 0 Å². The Hall–Kier alpha value is -2.80. The molecular weight excluding hydrogens is 374 g/mol. The SMILES string of the molecule is CCCOc1c(Cl)cc(C(=O)OCc2ccc([N+](=O)[O-])cc2)cc1OCC. The number of esters is 1. The van der Waals surface area contributed by atoms with Crippen LogP contribution in [0.3, 0.4) is 0 Å². The standard InChI is InChI=1S/C19H20ClNO6/c1-3-9-26-18-16(20)10-14(11-17(18)25-4-2)19(22)27-12-13-5-7-15(8-6-13)21(23)24/h5-8,10-11H,3-4,9,12H2,1-2H3. The van der Waals surface area contributed by atoms with Crippen LogP contribution in [0.4, 0.5) is 5.69 Å². The van der Waals surface area contributed by atoms with E-state index >= 15 is 0 Å². The molecule has 0 radical (unpaired) electrons. The highest BCUT2D eigenvalue weighted by atomic mass is 35.5. The monoisotopic (exact) mass is 393 g/mol. The molecule has 0 saturated carbocycles. The largest absolute Gasteiger partial charge is 0.490 e. The van der Waals surface area contributed by atoms with Gasteiger partial charge in [0.25, 0.3) is 5.69 Å². The van der Waals surface area contributed by atoms with Crippen LogP contribution < -0.4 is 9.47 Å². The lowest BCUT2D eigenvalue weighted by Crippen LogP contribution is -2.07. The Morgan fingerprint density at radius 1 is 1.15 bits per heavy atom. The third kappa shape index (κ3) is 5.59. The predicted octanol–water partition coefficient (Wildman–Crippen LogP) is 4.79. The molecule has 2 aromatic carbocycles. The molecule has 0 aliphatic carbocycles. The van der Waals surface area contributed by atoms with E-state index in [2.05, 4.69) is 0 Å². The minimum atomic E-state index is -0.585. The fourth-order valence-electron chi connectivity index (χ4n) is 2.24. The highest BCUT2D eigenvalue weighted by Gasteiger charge is 2.17. The second-order valence-corrected chi connectivity index (χ2v) is 5.97. The van der Waals surface area contributed by atoms with Gasteiger partial charge in [-0.15, -0.1) is 0 Å². The van der Waals surface area contributed by atoms with Gasteiger partial charge in [-0.2, -0.15) is 0 Å². The minimum Gasteiger partial charge on any atom is -0.490 e. The number of rotatable bonds is 9. The average molecular weight is 394 g/mol. The summed E-state index contributed by atoms with van der Waals surface area (Å²) in [5.41, 5.74) is 0.836. The van der Waals surface area contributed by atoms with Gasteiger partial charge >= 0.3 is 5.97 Å². The Kier molecular flexibility index (Phi) is 7.43. The number of nitro groups is 1. The van der Waals surface area contributed by atoms with E-state index in [0.717, 1.165) is 6.42 Å². The van der Waals surface area contributed by atoms with E-state index in [4.69, 9.17) is 25.8 Å². The fraction of sp³-hybridized carbons (Fsp3) is 0.316. The summed E-state index contributed by atoms with van der Waals surface area (Å²) in [5, 5.41) is 10.9. The summed E-state index contributed by atoms with van der Waals surface area (Å²) in [6.07, 6.45) is 0.806. The summed E-state index contributed by atoms with van der Waals surface area (Å²) in [5.74, 6) is 0.186. The van der Waals surface area contributed by atoms with Crippen molar-refractivity contribution >= 4 is 23.3 Å². The summed E-state index contributed by atoms with van der Waals surface area (Å²) < 4.78 is 16.4. The van der Waals surface area contributed by atoms with Crippen molar-refractivity contribution in [3.05, 3.63) is 62.7 Å². The highest BCUT2D eigenvalue weighted by molar-refractivity contribution is 6.32. The highest BCUT2D eigenvalue weighted by Crippen LogP contribution is 2.37. The Morgan fingerprint density at radius 2 is 1.85 bits per heavy atom. The number of nitro benzene ring substituents is 1. The first-order chi connectivity index (χ1) is 13.0. The molecule has 0 aromatic heterocycles. The Labute approximate surface area is 162 Å². The molecule has 0 atom stereocenters. The van der Waals surface area contributed by atoms with E-state index < -0.39 is 10.9 Å². The first kappa shape index (κ1) is 20.5. The Bertz CT molecular complexity index is 807. The molecule has 27 heavy (non-hydrogen) atoms. The van der Waals surface area contributed by atoms with E-state index in [1.807, 2.05) is 13.8 Å².